The number of amidine groups is 2. The largest absolute Gasteiger partial charge is 0.508 e. The Morgan fingerprint density at radius 3 is 1.10 bits per heavy atom. The maximum absolute atomic E-state index is 14.3. The molecule has 33 nitrogen and oxygen atoms in total. The molecule has 2 fully saturated rings. The summed E-state index contributed by atoms with van der Waals surface area (Å²) in [5.74, 6) is -5.07. The molecule has 8 rings (SSSR count). The molecular weight excluding hydrogens is 1770 g/mol. The van der Waals surface area contributed by atoms with Crippen molar-refractivity contribution in [2.45, 2.75) is 234 Å². The summed E-state index contributed by atoms with van der Waals surface area (Å²) in [6.07, 6.45) is -13.2. The summed E-state index contributed by atoms with van der Waals surface area (Å²) < 4.78 is 199. The van der Waals surface area contributed by atoms with E-state index in [0.29, 0.717) is 82.7 Å². The Balaban J connectivity index is 0.000000349. The molecule has 41 heteroatoms. The molecule has 4 aromatic rings. The fourth-order valence-electron chi connectivity index (χ4n) is 13.2. The number of carbonyl (C=O) groups is 8. The van der Waals surface area contributed by atoms with Crippen molar-refractivity contribution in [3.63, 3.8) is 0 Å². The van der Waals surface area contributed by atoms with Crippen LogP contribution in [0.5, 0.6) is 11.5 Å². The Kier molecular flexibility index (Phi) is 37.8. The van der Waals surface area contributed by atoms with Crippen LogP contribution in [0, 0.1) is 13.8 Å². The number of aryl methyl sites for hydroxylation is 4. The number of amides is 6. The molecule has 6 amide bonds. The Hall–Kier alpha value is -9.62. The summed E-state index contributed by atoms with van der Waals surface area (Å²) in [5.41, 5.74) is -7.36. The van der Waals surface area contributed by atoms with Gasteiger partial charge in [0.2, 0.25) is 20.0 Å². The average Bonchev–Trinajstić information content (AvgIpc) is 1.59. The third-order valence-corrected chi connectivity index (χ3v) is 23.3. The number of piperidine rings is 2. The molecule has 0 bridgehead atoms. The predicted octanol–water partition coefficient (Wildman–Crippen LogP) is 13.7. The molecular formula is C90H128F6N8O25S2. The van der Waals surface area contributed by atoms with E-state index in [1.165, 1.54) is 24.5 Å². The first kappa shape index (κ1) is 110. The van der Waals surface area contributed by atoms with Crippen LogP contribution in [0.15, 0.2) is 82.8 Å². The Morgan fingerprint density at radius 2 is 0.763 bits per heavy atom. The fourth-order valence-corrected chi connectivity index (χ4v) is 16.1. The van der Waals surface area contributed by atoms with Crippen molar-refractivity contribution in [1.82, 2.24) is 28.2 Å². The van der Waals surface area contributed by atoms with Crippen LogP contribution >= 0.6 is 0 Å². The van der Waals surface area contributed by atoms with Crippen LogP contribution in [-0.2, 0) is 102 Å². The second-order valence-electron chi connectivity index (χ2n) is 37.7. The highest BCUT2D eigenvalue weighted by atomic mass is 32.2. The van der Waals surface area contributed by atoms with Gasteiger partial charge in [-0.3, -0.25) is 19.6 Å². The molecule has 0 aromatic heterocycles. The average molecular weight is 1900 g/mol. The molecule has 0 aliphatic carbocycles. The number of aliphatic hydroxyl groups is 1. The number of sulfonamides is 2. The Bertz CT molecular complexity index is 4970. The minimum atomic E-state index is -4.87. The van der Waals surface area contributed by atoms with Crippen LogP contribution in [0.4, 0.5) is 45.5 Å². The predicted molar refractivity (Wildman–Crippen MR) is 472 cm³/mol. The van der Waals surface area contributed by atoms with E-state index in [4.69, 9.17) is 57.2 Å². The van der Waals surface area contributed by atoms with Gasteiger partial charge in [-0.1, -0.05) is 12.1 Å². The first-order chi connectivity index (χ1) is 60.2. The van der Waals surface area contributed by atoms with Gasteiger partial charge in [0, 0.05) is 64.5 Å². The smallest absolute Gasteiger partial charge is 0.423 e. The van der Waals surface area contributed by atoms with Crippen molar-refractivity contribution in [3.8, 4) is 11.5 Å². The summed E-state index contributed by atoms with van der Waals surface area (Å²) in [6, 6.07) is 14.7. The third kappa shape index (κ3) is 34.4. The van der Waals surface area contributed by atoms with E-state index in [0.717, 1.165) is 23.8 Å². The topological polar surface area (TPSA) is 391 Å². The summed E-state index contributed by atoms with van der Waals surface area (Å²) in [6.45, 7) is 36.3. The number of phenolic OH excluding ortho intramolecular Hbond substituents is 1. The van der Waals surface area contributed by atoms with Gasteiger partial charge in [-0.2, -0.15) is 36.1 Å². The van der Waals surface area contributed by atoms with Crippen LogP contribution in [0.2, 0.25) is 0 Å². The summed E-state index contributed by atoms with van der Waals surface area (Å²) in [4.78, 5) is 117. The molecule has 732 valence electrons. The van der Waals surface area contributed by atoms with Crippen LogP contribution in [0.1, 0.15) is 216 Å². The number of nitrogens with zero attached hydrogens (tertiary/aromatic N) is 8. The summed E-state index contributed by atoms with van der Waals surface area (Å²) in [7, 11) is -4.48. The lowest BCUT2D eigenvalue weighted by atomic mass is 9.88. The number of halogens is 6. The minimum absolute atomic E-state index is 0.0153. The Morgan fingerprint density at radius 1 is 0.435 bits per heavy atom. The molecule has 4 aliphatic rings. The maximum Gasteiger partial charge on any atom is 0.423 e. The lowest BCUT2D eigenvalue weighted by Crippen LogP contribution is -2.53. The standard InChI is InChI=1S/C45H63F3N4O12S.C33H40F3N3O8S.C12H25NO5/c1-30-26-32(37(53)62-41(2,3)4)13-12-31(30)14-25-65(57,58)51-17-15-44(16-18-51)38(54)52(40(56)64-43(8,9)10)36(49-44)33-27-34(45(46,47)48)29-35(28-33)61-24-23-60-22-21-59-20-19-50(11)39(55)63-42(5,6)7;1-20-16-22(27(41)46-30(2,3)4)9-8-21(20)10-15-48(44,45)38-13-11-32(12-14-38)28(42)39(29(43)47-31(5,6)7)26(37-32)23-17-24(33(34,35)36)19-25(40)18-23;1-12(2,3)18-11(15)13(4)5-7-16-9-10-17-8-6-14/h12-13,26-29H,14-25H2,1-11H3;8-9,16-19,40H,10-15H2,1-7H3;14H,5-10H2,1-4H3. The number of aromatic hydroxyl groups is 1. The Labute approximate surface area is 763 Å². The van der Waals surface area contributed by atoms with E-state index < -0.39 is 148 Å². The van der Waals surface area contributed by atoms with E-state index in [2.05, 4.69) is 9.98 Å². The molecule has 4 aromatic carbocycles. The molecule has 2 spiro atoms. The van der Waals surface area contributed by atoms with Crippen molar-refractivity contribution in [2.75, 3.05) is 131 Å². The van der Waals surface area contributed by atoms with Gasteiger partial charge in [0.25, 0.3) is 11.8 Å². The summed E-state index contributed by atoms with van der Waals surface area (Å²) >= 11 is 0. The van der Waals surface area contributed by atoms with Gasteiger partial charge in [-0.25, -0.2) is 54.2 Å². The van der Waals surface area contributed by atoms with Crippen LogP contribution in [0.25, 0.3) is 0 Å². The van der Waals surface area contributed by atoms with Crippen molar-refractivity contribution in [3.05, 3.63) is 128 Å². The van der Waals surface area contributed by atoms with Gasteiger partial charge >= 0.3 is 48.7 Å². The first-order valence-electron chi connectivity index (χ1n) is 42.7. The SMILES string of the molecule is CN(CCOCCOCCO)C(=O)OC(C)(C)C.Cc1cc(C(=O)OC(C)(C)C)ccc1CCS(=O)(=O)N1CCC2(CC1)N=C(c1cc(O)cc(C(F)(F)F)c1)N(C(=O)OC(C)(C)C)C2=O.Cc1cc(C(=O)OC(C)(C)C)ccc1CCS(=O)(=O)N1CCC2(CC1)N=C(c1cc(OCCOCCOCCN(C)C(=O)OC(C)(C)C)cc(C(F)(F)F)c1)N(C(=O)OC(C)(C)C)C2=O. The number of hydrogen-bond donors (Lipinski definition) is 2. The number of hydrogen-bond acceptors (Lipinski definition) is 27. The van der Waals surface area contributed by atoms with E-state index in [1.54, 1.807) is 168 Å². The number of carbonyl (C=O) groups excluding carboxylic acids is 8. The molecule has 0 saturated carbocycles. The quantitative estimate of drug-likeness (QED) is 0.0212. The number of aliphatic imine (C=N–C) groups is 2. The molecule has 0 unspecified atom stereocenters. The van der Waals surface area contributed by atoms with Crippen LogP contribution in [-0.4, -0.2) is 291 Å². The van der Waals surface area contributed by atoms with E-state index in [9.17, 15) is 86.6 Å². The molecule has 0 atom stereocenters. The molecule has 2 saturated heterocycles. The highest BCUT2D eigenvalue weighted by molar-refractivity contribution is 7.89. The second kappa shape index (κ2) is 44.9. The van der Waals surface area contributed by atoms with Crippen LogP contribution in [0.3, 0.4) is 0 Å². The zero-order valence-corrected chi connectivity index (χ0v) is 80.5. The number of imide groups is 2. The van der Waals surface area contributed by atoms with Crippen molar-refractivity contribution < 1.29 is 144 Å². The number of rotatable bonds is 30. The monoisotopic (exact) mass is 1900 g/mol. The molecule has 4 heterocycles. The van der Waals surface area contributed by atoms with Crippen molar-refractivity contribution in [1.29, 1.82) is 0 Å². The number of phenols is 1. The molecule has 0 radical (unpaired) electrons. The number of benzene rings is 4. The summed E-state index contributed by atoms with van der Waals surface area (Å²) in [5, 5.41) is 18.6. The van der Waals surface area contributed by atoms with Gasteiger partial charge in [0.1, 0.15) is 74.5 Å². The number of esters is 2. The molecule has 2 N–H and O–H groups in total. The highest BCUT2D eigenvalue weighted by Crippen LogP contribution is 2.43. The number of alkyl halides is 6. The van der Waals surface area contributed by atoms with E-state index >= 15 is 0 Å². The molecule has 131 heavy (non-hydrogen) atoms. The van der Waals surface area contributed by atoms with Gasteiger partial charge in [0.05, 0.1) is 93.2 Å². The van der Waals surface area contributed by atoms with Crippen LogP contribution < -0.4 is 4.74 Å². The van der Waals surface area contributed by atoms with Crippen molar-refractivity contribution in [2.24, 2.45) is 9.98 Å². The zero-order valence-electron chi connectivity index (χ0n) is 78.8. The highest BCUT2D eigenvalue weighted by Gasteiger charge is 2.57. The number of ether oxygens (including phenoxy) is 11. The number of likely N-dealkylation sites (N-methyl/N-ethyl adjacent to an activating group) is 2. The lowest BCUT2D eigenvalue weighted by molar-refractivity contribution is -0.138. The first-order valence-corrected chi connectivity index (χ1v) is 45.9. The molecule has 4 aliphatic heterocycles. The van der Waals surface area contributed by atoms with Crippen molar-refractivity contribution >= 4 is 79.8 Å². The maximum atomic E-state index is 14.3. The normalized spacial score (nSPS) is 15.9. The zero-order chi connectivity index (χ0) is 98.8. The van der Waals surface area contributed by atoms with Gasteiger partial charge in [-0.05, 0) is 260 Å². The van der Waals surface area contributed by atoms with Gasteiger partial charge in [0.15, 0.2) is 0 Å². The second-order valence-corrected chi connectivity index (χ2v) is 41.9. The third-order valence-electron chi connectivity index (χ3n) is 19.5. The fraction of sp³-hybridized carbons (Fsp3) is 0.622. The van der Waals surface area contributed by atoms with E-state index in [1.807, 2.05) is 20.8 Å². The number of aliphatic hydroxyl groups excluding tert-OH is 1. The lowest BCUT2D eigenvalue weighted by Gasteiger charge is -2.35. The van der Waals surface area contributed by atoms with E-state index in [-0.39, 0.29) is 145 Å². The van der Waals surface area contributed by atoms with Gasteiger partial charge < -0.3 is 72.1 Å². The van der Waals surface area contributed by atoms with Gasteiger partial charge in [-0.15, -0.1) is 0 Å². The minimum Gasteiger partial charge on any atom is -0.508 e.